The Balaban J connectivity index is 2.32. The highest BCUT2D eigenvalue weighted by Gasteiger charge is 2.10. The van der Waals surface area contributed by atoms with Gasteiger partial charge in [0.2, 0.25) is 0 Å². The zero-order chi connectivity index (χ0) is 14.7. The van der Waals surface area contributed by atoms with Crippen molar-refractivity contribution in [3.8, 4) is 5.75 Å². The van der Waals surface area contributed by atoms with Crippen LogP contribution in [0.3, 0.4) is 0 Å². The number of anilines is 3. The first-order chi connectivity index (χ1) is 9.51. The van der Waals surface area contributed by atoms with Crippen molar-refractivity contribution in [3.63, 3.8) is 0 Å². The summed E-state index contributed by atoms with van der Waals surface area (Å²) >= 11 is 3.41. The fraction of sp³-hybridized carbons (Fsp3) is 0.0769. The van der Waals surface area contributed by atoms with E-state index in [9.17, 15) is 10.1 Å². The van der Waals surface area contributed by atoms with Crippen LogP contribution in [0.1, 0.15) is 0 Å². The van der Waals surface area contributed by atoms with Crippen molar-refractivity contribution in [2.75, 3.05) is 18.2 Å². The molecular weight excluding hydrogens is 326 g/mol. The maximum Gasteiger partial charge on any atom is 0.271 e. The number of methoxy groups -OCH3 is 1. The maximum atomic E-state index is 10.7. The lowest BCUT2D eigenvalue weighted by Gasteiger charge is -2.12. The van der Waals surface area contributed by atoms with Gasteiger partial charge in [-0.15, -0.1) is 0 Å². The number of hydrogen-bond acceptors (Lipinski definition) is 5. The quantitative estimate of drug-likeness (QED) is 0.504. The summed E-state index contributed by atoms with van der Waals surface area (Å²) in [6.07, 6.45) is 0. The van der Waals surface area contributed by atoms with E-state index in [1.807, 2.05) is 12.1 Å². The fourth-order valence-corrected chi connectivity index (χ4v) is 2.00. The van der Waals surface area contributed by atoms with Crippen molar-refractivity contribution >= 4 is 38.7 Å². The van der Waals surface area contributed by atoms with Crippen molar-refractivity contribution < 1.29 is 9.66 Å². The predicted octanol–water partition coefficient (Wildman–Crippen LogP) is 3.69. The van der Waals surface area contributed by atoms with E-state index in [0.717, 1.165) is 10.2 Å². The molecule has 0 heterocycles. The van der Waals surface area contributed by atoms with Crippen LogP contribution in [-0.2, 0) is 0 Å². The van der Waals surface area contributed by atoms with Gasteiger partial charge in [0, 0.05) is 22.7 Å². The first-order valence-electron chi connectivity index (χ1n) is 5.65. The second-order valence-electron chi connectivity index (χ2n) is 4.00. The molecule has 0 aromatic heterocycles. The summed E-state index contributed by atoms with van der Waals surface area (Å²) in [5, 5.41) is 13.8. The van der Waals surface area contributed by atoms with Crippen LogP contribution in [0, 0.1) is 10.1 Å². The van der Waals surface area contributed by atoms with Gasteiger partial charge in [0.25, 0.3) is 5.69 Å². The number of nitrogens with zero attached hydrogens (tertiary/aromatic N) is 1. The van der Waals surface area contributed by atoms with Crippen molar-refractivity contribution in [1.29, 1.82) is 0 Å². The molecule has 3 N–H and O–H groups in total. The third kappa shape index (κ3) is 3.00. The summed E-state index contributed by atoms with van der Waals surface area (Å²) < 4.78 is 5.98. The average molecular weight is 338 g/mol. The molecule has 0 aliphatic rings. The van der Waals surface area contributed by atoms with Gasteiger partial charge in [-0.05, 0) is 34.1 Å². The smallest absolute Gasteiger partial charge is 0.271 e. The fourth-order valence-electron chi connectivity index (χ4n) is 1.65. The van der Waals surface area contributed by atoms with Crippen LogP contribution >= 0.6 is 15.9 Å². The molecule has 104 valence electrons. The highest BCUT2D eigenvalue weighted by atomic mass is 79.9. The number of nitrogens with two attached hydrogens (primary N) is 1. The molecule has 0 radical (unpaired) electrons. The Hall–Kier alpha value is -2.28. The predicted molar refractivity (Wildman–Crippen MR) is 81.5 cm³/mol. The van der Waals surface area contributed by atoms with Gasteiger partial charge in [-0.25, -0.2) is 0 Å². The molecule has 0 saturated carbocycles. The molecule has 0 saturated heterocycles. The number of nitro groups is 1. The van der Waals surface area contributed by atoms with E-state index in [-0.39, 0.29) is 5.69 Å². The number of ether oxygens (including phenoxy) is 1. The van der Waals surface area contributed by atoms with Gasteiger partial charge in [-0.1, -0.05) is 0 Å². The number of nitrogens with one attached hydrogen (secondary N) is 1. The number of nitro benzene ring substituents is 1. The SMILES string of the molecule is COc1ccc(Br)c(Nc2ccc([N+](=O)[O-])cc2N)c1. The minimum atomic E-state index is -0.485. The molecule has 0 amide bonds. The number of nitrogen functional groups attached to an aromatic ring is 1. The Morgan fingerprint density at radius 3 is 2.60 bits per heavy atom. The van der Waals surface area contributed by atoms with Crippen molar-refractivity contribution in [2.45, 2.75) is 0 Å². The average Bonchev–Trinajstić information content (AvgIpc) is 2.43. The molecule has 2 rings (SSSR count). The van der Waals surface area contributed by atoms with Gasteiger partial charge in [-0.2, -0.15) is 0 Å². The Morgan fingerprint density at radius 2 is 2.00 bits per heavy atom. The monoisotopic (exact) mass is 337 g/mol. The van der Waals surface area contributed by atoms with E-state index in [0.29, 0.717) is 17.1 Å². The third-order valence-corrected chi connectivity index (χ3v) is 3.38. The van der Waals surface area contributed by atoms with Crippen LogP contribution in [-0.4, -0.2) is 12.0 Å². The Labute approximate surface area is 123 Å². The summed E-state index contributed by atoms with van der Waals surface area (Å²) in [5.41, 5.74) is 7.41. The summed E-state index contributed by atoms with van der Waals surface area (Å²) in [6.45, 7) is 0. The molecule has 0 atom stereocenters. The largest absolute Gasteiger partial charge is 0.497 e. The van der Waals surface area contributed by atoms with E-state index < -0.39 is 4.92 Å². The van der Waals surface area contributed by atoms with E-state index in [4.69, 9.17) is 10.5 Å². The molecule has 0 spiro atoms. The molecule has 0 unspecified atom stereocenters. The molecule has 0 aliphatic heterocycles. The molecule has 7 heteroatoms. The highest BCUT2D eigenvalue weighted by molar-refractivity contribution is 9.10. The van der Waals surface area contributed by atoms with Crippen molar-refractivity contribution in [2.24, 2.45) is 0 Å². The second-order valence-corrected chi connectivity index (χ2v) is 4.85. The summed E-state index contributed by atoms with van der Waals surface area (Å²) in [7, 11) is 1.58. The normalized spacial score (nSPS) is 10.1. The first-order valence-corrected chi connectivity index (χ1v) is 6.45. The molecule has 20 heavy (non-hydrogen) atoms. The second kappa shape index (κ2) is 5.79. The van der Waals surface area contributed by atoms with Crippen molar-refractivity contribution in [3.05, 3.63) is 51.0 Å². The van der Waals surface area contributed by atoms with Gasteiger partial charge < -0.3 is 15.8 Å². The number of rotatable bonds is 4. The first kappa shape index (κ1) is 14.1. The van der Waals surface area contributed by atoms with Gasteiger partial charge in [0.15, 0.2) is 0 Å². The molecular formula is C13H12BrN3O3. The minimum absolute atomic E-state index is 0.0437. The molecule has 0 fully saturated rings. The van der Waals surface area contributed by atoms with E-state index in [1.54, 1.807) is 19.2 Å². The molecule has 6 nitrogen and oxygen atoms in total. The van der Waals surface area contributed by atoms with Gasteiger partial charge in [0.05, 0.1) is 29.1 Å². The number of hydrogen-bond donors (Lipinski definition) is 2. The Morgan fingerprint density at radius 1 is 1.25 bits per heavy atom. The van der Waals surface area contributed by atoms with Crippen molar-refractivity contribution in [1.82, 2.24) is 0 Å². The molecule has 0 aliphatic carbocycles. The number of non-ortho nitro benzene ring substituents is 1. The van der Waals surface area contributed by atoms with Crippen LogP contribution in [0.15, 0.2) is 40.9 Å². The highest BCUT2D eigenvalue weighted by Crippen LogP contribution is 2.33. The van der Waals surface area contributed by atoms with Gasteiger partial charge in [-0.3, -0.25) is 10.1 Å². The Bertz CT molecular complexity index is 661. The number of benzene rings is 2. The van der Waals surface area contributed by atoms with Crippen LogP contribution in [0.2, 0.25) is 0 Å². The van der Waals surface area contributed by atoms with Crippen LogP contribution in [0.5, 0.6) is 5.75 Å². The molecule has 2 aromatic carbocycles. The summed E-state index contributed by atoms with van der Waals surface area (Å²) in [4.78, 5) is 10.2. The Kier molecular flexibility index (Phi) is 4.09. The third-order valence-electron chi connectivity index (χ3n) is 2.69. The maximum absolute atomic E-state index is 10.7. The lowest BCUT2D eigenvalue weighted by Crippen LogP contribution is -1.99. The lowest BCUT2D eigenvalue weighted by atomic mass is 10.2. The molecule has 2 aromatic rings. The van der Waals surface area contributed by atoms with Crippen LogP contribution in [0.25, 0.3) is 0 Å². The zero-order valence-electron chi connectivity index (χ0n) is 10.6. The minimum Gasteiger partial charge on any atom is -0.497 e. The lowest BCUT2D eigenvalue weighted by molar-refractivity contribution is -0.384. The molecule has 0 bridgehead atoms. The van der Waals surface area contributed by atoms with E-state index >= 15 is 0 Å². The van der Waals surface area contributed by atoms with E-state index in [2.05, 4.69) is 21.2 Å². The van der Waals surface area contributed by atoms with Gasteiger partial charge in [0.1, 0.15) is 5.75 Å². The summed E-state index contributed by atoms with van der Waals surface area (Å²) in [6, 6.07) is 9.73. The van der Waals surface area contributed by atoms with E-state index in [1.165, 1.54) is 12.1 Å². The van der Waals surface area contributed by atoms with Crippen LogP contribution in [0.4, 0.5) is 22.7 Å². The summed E-state index contributed by atoms with van der Waals surface area (Å²) in [5.74, 6) is 0.691. The zero-order valence-corrected chi connectivity index (χ0v) is 12.2. The number of halogens is 1. The standard InChI is InChI=1S/C13H12BrN3O3/c1-20-9-3-4-10(14)13(7-9)16-12-5-2-8(17(18)19)6-11(12)15/h2-7,16H,15H2,1H3. The van der Waals surface area contributed by atoms with Crippen LogP contribution < -0.4 is 15.8 Å². The topological polar surface area (TPSA) is 90.4 Å². The van der Waals surface area contributed by atoms with Gasteiger partial charge >= 0.3 is 0 Å².